The largest absolute Gasteiger partial charge is 0.480 e. The lowest BCUT2D eigenvalue weighted by Crippen LogP contribution is -2.41. The van der Waals surface area contributed by atoms with Gasteiger partial charge in [-0.1, -0.05) is 36.7 Å². The maximum atomic E-state index is 10.6. The molecule has 0 aromatic carbocycles. The molecule has 3 heteroatoms. The third-order valence-electron chi connectivity index (χ3n) is 1.81. The molecule has 0 saturated carbocycles. The van der Waals surface area contributed by atoms with Gasteiger partial charge in [0.2, 0.25) is 0 Å². The van der Waals surface area contributed by atoms with Gasteiger partial charge in [-0.05, 0) is 12.3 Å². The van der Waals surface area contributed by atoms with Crippen molar-refractivity contribution < 1.29 is 9.90 Å². The molecular formula is C7H13BrO2. The molecule has 0 aliphatic rings. The number of aliphatic carboxylic acids is 1. The number of hydrogen-bond acceptors (Lipinski definition) is 1. The third kappa shape index (κ3) is 1.72. The summed E-state index contributed by atoms with van der Waals surface area (Å²) in [6, 6.07) is 0. The molecule has 60 valence electrons. The molecule has 1 atom stereocenters. The molecular weight excluding hydrogens is 196 g/mol. The molecule has 0 spiro atoms. The van der Waals surface area contributed by atoms with Gasteiger partial charge in [-0.3, -0.25) is 4.79 Å². The summed E-state index contributed by atoms with van der Waals surface area (Å²) in [5.74, 6) is -0.819. The molecule has 0 heterocycles. The molecule has 0 amide bonds. The summed E-state index contributed by atoms with van der Waals surface area (Å²) in [7, 11) is 0. The highest BCUT2D eigenvalue weighted by Crippen LogP contribution is 2.37. The predicted octanol–water partition coefficient (Wildman–Crippen LogP) is 2.27. The molecule has 0 unspecified atom stereocenters. The number of carboxylic acids is 1. The minimum Gasteiger partial charge on any atom is -0.480 e. The van der Waals surface area contributed by atoms with Crippen LogP contribution in [0.5, 0.6) is 0 Å². The quantitative estimate of drug-likeness (QED) is 0.672. The molecule has 0 radical (unpaired) electrons. The van der Waals surface area contributed by atoms with Gasteiger partial charge in [-0.15, -0.1) is 0 Å². The van der Waals surface area contributed by atoms with E-state index < -0.39 is 10.3 Å². The summed E-state index contributed by atoms with van der Waals surface area (Å²) in [6.45, 7) is 7.32. The molecule has 10 heavy (non-hydrogen) atoms. The van der Waals surface area contributed by atoms with Crippen molar-refractivity contribution in [3.63, 3.8) is 0 Å². The van der Waals surface area contributed by atoms with Crippen LogP contribution in [0.4, 0.5) is 0 Å². The lowest BCUT2D eigenvalue weighted by atomic mass is 9.82. The van der Waals surface area contributed by atoms with E-state index >= 15 is 0 Å². The van der Waals surface area contributed by atoms with Gasteiger partial charge in [0, 0.05) is 0 Å². The van der Waals surface area contributed by atoms with Gasteiger partial charge >= 0.3 is 5.97 Å². The van der Waals surface area contributed by atoms with Gasteiger partial charge < -0.3 is 5.11 Å². The van der Waals surface area contributed by atoms with Crippen molar-refractivity contribution in [1.29, 1.82) is 0 Å². The molecule has 0 aliphatic carbocycles. The fraction of sp³-hybridized carbons (Fsp3) is 0.857. The first-order valence-corrected chi connectivity index (χ1v) is 3.91. The highest BCUT2D eigenvalue weighted by molar-refractivity contribution is 9.10. The average Bonchev–Trinajstić information content (AvgIpc) is 1.62. The van der Waals surface area contributed by atoms with Gasteiger partial charge in [-0.2, -0.15) is 0 Å². The summed E-state index contributed by atoms with van der Waals surface area (Å²) in [6.07, 6.45) is 0. The average molecular weight is 209 g/mol. The Kier molecular flexibility index (Phi) is 2.52. The normalized spacial score (nSPS) is 18.1. The number of carboxylic acid groups (broad SMARTS) is 1. The zero-order chi connectivity index (χ0) is 8.58. The van der Waals surface area contributed by atoms with Crippen LogP contribution >= 0.6 is 15.9 Å². The molecule has 0 bridgehead atoms. The van der Waals surface area contributed by atoms with Crippen molar-refractivity contribution >= 4 is 21.9 Å². The lowest BCUT2D eigenvalue weighted by molar-refractivity contribution is -0.141. The molecule has 0 aromatic heterocycles. The molecule has 0 rings (SSSR count). The van der Waals surface area contributed by atoms with Crippen LogP contribution in [0, 0.1) is 5.41 Å². The van der Waals surface area contributed by atoms with E-state index in [0.717, 1.165) is 0 Å². The fourth-order valence-corrected chi connectivity index (χ4v) is 0.321. The summed E-state index contributed by atoms with van der Waals surface area (Å²) >= 11 is 3.17. The first kappa shape index (κ1) is 9.95. The van der Waals surface area contributed by atoms with Crippen molar-refractivity contribution in [2.45, 2.75) is 32.0 Å². The topological polar surface area (TPSA) is 37.3 Å². The Morgan fingerprint density at radius 3 is 1.60 bits per heavy atom. The Morgan fingerprint density at radius 1 is 1.30 bits per heavy atom. The standard InChI is InChI=1S/C7H13BrO2/c1-6(2,3)7(4,8)5(9)10/h1-4H3,(H,9,10)/t7-/m1/s1. The first-order chi connectivity index (χ1) is 4.19. The van der Waals surface area contributed by atoms with Crippen LogP contribution in [0.3, 0.4) is 0 Å². The Labute approximate surface area is 69.8 Å². The molecule has 0 saturated heterocycles. The minimum absolute atomic E-state index is 0.265. The molecule has 0 aromatic rings. The van der Waals surface area contributed by atoms with Crippen molar-refractivity contribution in [3.05, 3.63) is 0 Å². The SMILES string of the molecule is CC(C)(C)[C@](C)(Br)C(=O)O. The highest BCUT2D eigenvalue weighted by Gasteiger charge is 2.41. The van der Waals surface area contributed by atoms with E-state index in [-0.39, 0.29) is 5.41 Å². The minimum atomic E-state index is -0.833. The number of rotatable bonds is 1. The Hall–Kier alpha value is -0.0500. The van der Waals surface area contributed by atoms with E-state index in [0.29, 0.717) is 0 Å². The molecule has 1 N–H and O–H groups in total. The zero-order valence-electron chi connectivity index (χ0n) is 6.73. The predicted molar refractivity (Wildman–Crippen MR) is 44.4 cm³/mol. The molecule has 0 fully saturated rings. The highest BCUT2D eigenvalue weighted by atomic mass is 79.9. The van der Waals surface area contributed by atoms with Crippen molar-refractivity contribution in [3.8, 4) is 0 Å². The van der Waals surface area contributed by atoms with E-state index in [2.05, 4.69) is 15.9 Å². The van der Waals surface area contributed by atoms with Crippen LogP contribution < -0.4 is 0 Å². The maximum absolute atomic E-state index is 10.6. The van der Waals surface area contributed by atoms with E-state index in [1.807, 2.05) is 20.8 Å². The smallest absolute Gasteiger partial charge is 0.320 e. The van der Waals surface area contributed by atoms with Crippen LogP contribution in [-0.2, 0) is 4.79 Å². The van der Waals surface area contributed by atoms with Gasteiger partial charge in [-0.25, -0.2) is 0 Å². The number of alkyl halides is 1. The number of halogens is 1. The van der Waals surface area contributed by atoms with Crippen LogP contribution in [0.2, 0.25) is 0 Å². The van der Waals surface area contributed by atoms with Gasteiger partial charge in [0.1, 0.15) is 4.32 Å². The second-order valence-corrected chi connectivity index (χ2v) is 5.14. The van der Waals surface area contributed by atoms with E-state index in [1.54, 1.807) is 6.92 Å². The van der Waals surface area contributed by atoms with Gasteiger partial charge in [0.05, 0.1) is 0 Å². The van der Waals surface area contributed by atoms with E-state index in [4.69, 9.17) is 5.11 Å². The van der Waals surface area contributed by atoms with Crippen molar-refractivity contribution in [2.75, 3.05) is 0 Å². The monoisotopic (exact) mass is 208 g/mol. The number of carbonyl (C=O) groups is 1. The Morgan fingerprint density at radius 2 is 1.60 bits per heavy atom. The zero-order valence-corrected chi connectivity index (χ0v) is 8.32. The van der Waals surface area contributed by atoms with Crippen molar-refractivity contribution in [1.82, 2.24) is 0 Å². The summed E-state index contributed by atoms with van der Waals surface area (Å²) < 4.78 is -0.833. The Bertz CT molecular complexity index is 144. The summed E-state index contributed by atoms with van der Waals surface area (Å²) in [5.41, 5.74) is -0.265. The van der Waals surface area contributed by atoms with Crippen LogP contribution in [-0.4, -0.2) is 15.4 Å². The van der Waals surface area contributed by atoms with Crippen LogP contribution in [0.15, 0.2) is 0 Å². The molecule has 0 aliphatic heterocycles. The van der Waals surface area contributed by atoms with Crippen molar-refractivity contribution in [2.24, 2.45) is 5.41 Å². The number of hydrogen-bond donors (Lipinski definition) is 1. The van der Waals surface area contributed by atoms with Crippen LogP contribution in [0.1, 0.15) is 27.7 Å². The first-order valence-electron chi connectivity index (χ1n) is 3.12. The van der Waals surface area contributed by atoms with Crippen LogP contribution in [0.25, 0.3) is 0 Å². The summed E-state index contributed by atoms with van der Waals surface area (Å²) in [4.78, 5) is 10.6. The Balaban J connectivity index is 4.57. The second-order valence-electron chi connectivity index (χ2n) is 3.56. The van der Waals surface area contributed by atoms with Gasteiger partial charge in [0.25, 0.3) is 0 Å². The fourth-order valence-electron chi connectivity index (χ4n) is 0.321. The van der Waals surface area contributed by atoms with E-state index in [1.165, 1.54) is 0 Å². The summed E-state index contributed by atoms with van der Waals surface area (Å²) in [5, 5.41) is 8.73. The van der Waals surface area contributed by atoms with Gasteiger partial charge in [0.15, 0.2) is 0 Å². The molecule has 2 nitrogen and oxygen atoms in total. The second kappa shape index (κ2) is 2.53. The third-order valence-corrected chi connectivity index (χ3v) is 3.34. The lowest BCUT2D eigenvalue weighted by Gasteiger charge is -2.32. The maximum Gasteiger partial charge on any atom is 0.320 e. The van der Waals surface area contributed by atoms with E-state index in [9.17, 15) is 4.79 Å².